The Balaban J connectivity index is 1.30. The highest BCUT2D eigenvalue weighted by molar-refractivity contribution is 5.73. The van der Waals surface area contributed by atoms with Crippen molar-refractivity contribution < 1.29 is 9.47 Å². The minimum absolute atomic E-state index is 0.523. The van der Waals surface area contributed by atoms with E-state index in [-0.39, 0.29) is 0 Å². The van der Waals surface area contributed by atoms with Crippen LogP contribution in [0.1, 0.15) is 5.56 Å². The molecule has 3 aromatic rings. The summed E-state index contributed by atoms with van der Waals surface area (Å²) in [4.78, 5) is 2.31. The monoisotopic (exact) mass is 501 g/mol. The fourth-order valence-electron chi connectivity index (χ4n) is 4.71. The minimum atomic E-state index is 0.523. The molecule has 1 fully saturated rings. The highest BCUT2D eigenvalue weighted by Crippen LogP contribution is 2.34. The Morgan fingerprint density at radius 2 is 1.86 bits per heavy atom. The molecule has 0 bridgehead atoms. The lowest BCUT2D eigenvalue weighted by molar-refractivity contribution is 0.122. The van der Waals surface area contributed by atoms with Crippen molar-refractivity contribution >= 4 is 22.8 Å². The van der Waals surface area contributed by atoms with Crippen LogP contribution in [0.3, 0.4) is 0 Å². The van der Waals surface area contributed by atoms with Crippen molar-refractivity contribution in [2.75, 3.05) is 55.8 Å². The number of morpholine rings is 1. The number of nitrogens with one attached hydrogen (secondary N) is 4. The van der Waals surface area contributed by atoms with Crippen molar-refractivity contribution in [3.8, 4) is 5.75 Å². The number of aryl methyl sites for hydroxylation is 1. The van der Waals surface area contributed by atoms with Crippen LogP contribution in [-0.2, 0) is 11.8 Å². The third-order valence-corrected chi connectivity index (χ3v) is 6.52. The lowest BCUT2D eigenvalue weighted by Gasteiger charge is -2.37. The molecule has 3 aliphatic rings. The maximum Gasteiger partial charge on any atom is 0.145 e. The van der Waals surface area contributed by atoms with Crippen LogP contribution >= 0.6 is 0 Å². The van der Waals surface area contributed by atoms with Crippen molar-refractivity contribution in [3.63, 3.8) is 0 Å². The maximum atomic E-state index is 5.76. The summed E-state index contributed by atoms with van der Waals surface area (Å²) < 4.78 is 13.1. The number of para-hydroxylation sites is 1. The van der Waals surface area contributed by atoms with Crippen molar-refractivity contribution in [2.24, 2.45) is 7.05 Å². The summed E-state index contributed by atoms with van der Waals surface area (Å²) in [7, 11) is 3.61. The summed E-state index contributed by atoms with van der Waals surface area (Å²) >= 11 is 0. The highest BCUT2D eigenvalue weighted by atomic mass is 16.5. The molecule has 11 heteroatoms. The quantitative estimate of drug-likeness (QED) is 0.387. The molecule has 4 N–H and O–H groups in total. The Morgan fingerprint density at radius 3 is 2.62 bits per heavy atom. The Kier molecular flexibility index (Phi) is 6.11. The average Bonchev–Trinajstić information content (AvgIpc) is 3.56. The molecule has 0 atom stereocenters. The first kappa shape index (κ1) is 22.9. The number of fused-ring (bicyclic) bond motifs is 1. The molecular formula is C26H31N9O2. The van der Waals surface area contributed by atoms with Gasteiger partial charge in [0.05, 0.1) is 55.5 Å². The number of hydrogen-bond donors (Lipinski definition) is 4. The van der Waals surface area contributed by atoms with Crippen LogP contribution in [0.4, 0.5) is 17.1 Å². The zero-order chi connectivity index (χ0) is 25.2. The van der Waals surface area contributed by atoms with Gasteiger partial charge in [0.25, 0.3) is 0 Å². The number of methoxy groups -OCH3 is 1. The summed E-state index contributed by atoms with van der Waals surface area (Å²) in [6.07, 6.45) is 5.89. The third kappa shape index (κ3) is 4.68. The summed E-state index contributed by atoms with van der Waals surface area (Å²) in [5.74, 6) is 0.778. The van der Waals surface area contributed by atoms with Crippen LogP contribution < -0.4 is 31.3 Å². The van der Waals surface area contributed by atoms with E-state index in [9.17, 15) is 0 Å². The van der Waals surface area contributed by atoms with E-state index in [1.54, 1.807) is 11.8 Å². The van der Waals surface area contributed by atoms with E-state index >= 15 is 0 Å². The van der Waals surface area contributed by atoms with E-state index in [2.05, 4.69) is 54.9 Å². The number of nitrogens with zero attached hydrogens (tertiary/aromatic N) is 5. The van der Waals surface area contributed by atoms with E-state index < -0.39 is 0 Å². The molecule has 4 heterocycles. The van der Waals surface area contributed by atoms with Crippen LogP contribution in [0, 0.1) is 0 Å². The van der Waals surface area contributed by atoms with E-state index in [1.807, 2.05) is 61.0 Å². The molecule has 0 amide bonds. The fourth-order valence-corrected chi connectivity index (χ4v) is 4.71. The minimum Gasteiger partial charge on any atom is -0.494 e. The molecule has 3 aliphatic heterocycles. The van der Waals surface area contributed by atoms with E-state index in [0.717, 1.165) is 71.8 Å². The first-order valence-electron chi connectivity index (χ1n) is 12.3. The molecule has 0 aliphatic carbocycles. The topological polar surface area (TPSA) is 94.1 Å². The number of anilines is 3. The van der Waals surface area contributed by atoms with Gasteiger partial charge in [-0.1, -0.05) is 18.2 Å². The fraction of sp³-hybridized carbons (Fsp3) is 0.269. The normalized spacial score (nSPS) is 17.1. The molecule has 11 nitrogen and oxygen atoms in total. The van der Waals surface area contributed by atoms with Gasteiger partial charge >= 0.3 is 0 Å². The lowest BCUT2D eigenvalue weighted by atomic mass is 10.2. The zero-order valence-corrected chi connectivity index (χ0v) is 20.9. The SMILES string of the molecule is COc1cc(N2CCOCC2)ccc1NN1C=C2NNC(c3cnn(C)c3)=C2N(Nc2ccccc2)C1. The first-order chi connectivity index (χ1) is 18.2. The summed E-state index contributed by atoms with van der Waals surface area (Å²) in [6.45, 7) is 3.76. The second kappa shape index (κ2) is 9.86. The van der Waals surface area contributed by atoms with Gasteiger partial charge in [-0.05, 0) is 24.3 Å². The van der Waals surface area contributed by atoms with Crippen molar-refractivity contribution in [2.45, 2.75) is 0 Å². The standard InChI is InChI=1S/C26H31N9O2/c1-32-16-19(15-27-32)25-26-23(28-29-25)17-34(18-35(26)30-20-6-4-3-5-7-20)31-22-9-8-21(14-24(22)36-2)33-10-12-37-13-11-33/h3-9,14-17,28-31H,10-13,18H2,1-2H3. The molecule has 2 aromatic carbocycles. The Labute approximate surface area is 215 Å². The van der Waals surface area contributed by atoms with Gasteiger partial charge in [0.15, 0.2) is 0 Å². The van der Waals surface area contributed by atoms with Gasteiger partial charge in [0.2, 0.25) is 0 Å². The second-order valence-corrected chi connectivity index (χ2v) is 9.03. The molecule has 0 saturated carbocycles. The largest absolute Gasteiger partial charge is 0.494 e. The molecule has 0 spiro atoms. The molecule has 37 heavy (non-hydrogen) atoms. The average molecular weight is 502 g/mol. The molecule has 1 aromatic heterocycles. The predicted molar refractivity (Wildman–Crippen MR) is 143 cm³/mol. The smallest absolute Gasteiger partial charge is 0.145 e. The van der Waals surface area contributed by atoms with Crippen molar-refractivity contribution in [1.82, 2.24) is 30.6 Å². The van der Waals surface area contributed by atoms with Gasteiger partial charge < -0.3 is 14.4 Å². The molecular weight excluding hydrogens is 470 g/mol. The second-order valence-electron chi connectivity index (χ2n) is 9.03. The number of aromatic nitrogens is 2. The van der Waals surface area contributed by atoms with E-state index in [0.29, 0.717) is 6.67 Å². The van der Waals surface area contributed by atoms with E-state index in [1.165, 1.54) is 0 Å². The zero-order valence-electron chi connectivity index (χ0n) is 20.9. The van der Waals surface area contributed by atoms with Crippen molar-refractivity contribution in [1.29, 1.82) is 0 Å². The van der Waals surface area contributed by atoms with Gasteiger partial charge in [-0.25, -0.2) is 0 Å². The molecule has 192 valence electrons. The van der Waals surface area contributed by atoms with Crippen LogP contribution in [0.25, 0.3) is 5.70 Å². The van der Waals surface area contributed by atoms with Crippen LogP contribution in [0.2, 0.25) is 0 Å². The predicted octanol–water partition coefficient (Wildman–Crippen LogP) is 2.51. The first-order valence-corrected chi connectivity index (χ1v) is 12.3. The van der Waals surface area contributed by atoms with E-state index in [4.69, 9.17) is 9.47 Å². The lowest BCUT2D eigenvalue weighted by Crippen LogP contribution is -2.45. The van der Waals surface area contributed by atoms with Gasteiger partial charge in [-0.3, -0.25) is 36.4 Å². The van der Waals surface area contributed by atoms with Gasteiger partial charge in [0.1, 0.15) is 18.1 Å². The number of ether oxygens (including phenoxy) is 2. The molecule has 1 saturated heterocycles. The van der Waals surface area contributed by atoms with Gasteiger partial charge in [0, 0.05) is 43.7 Å². The van der Waals surface area contributed by atoms with Crippen molar-refractivity contribution in [3.05, 3.63) is 84.1 Å². The number of hydrogen-bond acceptors (Lipinski definition) is 10. The number of rotatable bonds is 7. The Morgan fingerprint density at radius 1 is 1.03 bits per heavy atom. The number of benzene rings is 2. The van der Waals surface area contributed by atoms with Crippen LogP contribution in [-0.4, -0.2) is 59.9 Å². The molecule has 0 unspecified atom stereocenters. The number of hydrazine groups is 3. The van der Waals surface area contributed by atoms with Crippen LogP contribution in [0.5, 0.6) is 5.75 Å². The summed E-state index contributed by atoms with van der Waals surface area (Å²) in [5.41, 5.74) is 20.6. The van der Waals surface area contributed by atoms with Gasteiger partial charge in [-0.2, -0.15) is 5.10 Å². The third-order valence-electron chi connectivity index (χ3n) is 6.52. The van der Waals surface area contributed by atoms with Crippen LogP contribution in [0.15, 0.2) is 78.5 Å². The molecule has 0 radical (unpaired) electrons. The highest BCUT2D eigenvalue weighted by Gasteiger charge is 2.32. The van der Waals surface area contributed by atoms with Gasteiger partial charge in [-0.15, -0.1) is 0 Å². The maximum absolute atomic E-state index is 5.76. The Bertz CT molecular complexity index is 1310. The Hall–Kier alpha value is -4.51. The molecule has 6 rings (SSSR count). The summed E-state index contributed by atoms with van der Waals surface area (Å²) in [6, 6.07) is 16.4. The summed E-state index contributed by atoms with van der Waals surface area (Å²) in [5, 5.41) is 8.46.